The van der Waals surface area contributed by atoms with E-state index in [1.165, 1.54) is 4.90 Å². The van der Waals surface area contributed by atoms with Gasteiger partial charge >= 0.3 is 12.1 Å². The highest BCUT2D eigenvalue weighted by Crippen LogP contribution is 2.63. The predicted octanol–water partition coefficient (Wildman–Crippen LogP) is 7.92. The third-order valence-corrected chi connectivity index (χ3v) is 8.75. The molecule has 8 heteroatoms. The van der Waals surface area contributed by atoms with Crippen LogP contribution in [0, 0.1) is 5.41 Å². The summed E-state index contributed by atoms with van der Waals surface area (Å²) in [7, 11) is 0. The molecule has 2 bridgehead atoms. The summed E-state index contributed by atoms with van der Waals surface area (Å²) < 4.78 is 65.1. The summed E-state index contributed by atoms with van der Waals surface area (Å²) in [6, 6.07) is 13.2. The Hall–Kier alpha value is -3.03. The first-order valence-corrected chi connectivity index (χ1v) is 14.2. The van der Waals surface area contributed by atoms with Crippen LogP contribution in [-0.4, -0.2) is 40.7 Å². The second kappa shape index (κ2) is 12.2. The zero-order chi connectivity index (χ0) is 30.8. The molecule has 5 rings (SSSR count). The number of benzene rings is 2. The van der Waals surface area contributed by atoms with E-state index in [1.54, 1.807) is 50.2 Å². The third kappa shape index (κ3) is 6.47. The molecule has 218 valence electrons. The fourth-order valence-corrected chi connectivity index (χ4v) is 6.12. The van der Waals surface area contributed by atoms with Gasteiger partial charge in [-0.05, 0) is 101 Å². The maximum atomic E-state index is 13.8. The van der Waals surface area contributed by atoms with Crippen LogP contribution in [0.3, 0.4) is 0 Å². The Morgan fingerprint density at radius 3 is 2.17 bits per heavy atom. The van der Waals surface area contributed by atoms with Gasteiger partial charge in [0.05, 0.1) is 14.8 Å². The second-order valence-electron chi connectivity index (χ2n) is 11.6. The number of carbonyl (C=O) groups excluding carboxylic acids is 1. The lowest BCUT2D eigenvalue weighted by atomic mass is 9.51. The third-order valence-electron chi connectivity index (χ3n) is 8.75. The molecule has 0 spiro atoms. The van der Waals surface area contributed by atoms with Gasteiger partial charge in [-0.1, -0.05) is 30.3 Å². The first kappa shape index (κ1) is 27.2. The van der Waals surface area contributed by atoms with E-state index in [1.807, 2.05) is 12.1 Å². The number of carboxylic acid groups (broad SMARTS) is 1. The molecule has 3 aliphatic carbocycles. The Morgan fingerprint density at radius 1 is 0.975 bits per heavy atom. The van der Waals surface area contributed by atoms with Gasteiger partial charge < -0.3 is 14.7 Å². The summed E-state index contributed by atoms with van der Waals surface area (Å²) in [4.78, 5) is 25.7. The number of carboxylic acids is 1. The number of hydrogen-bond donors (Lipinski definition) is 1. The van der Waals surface area contributed by atoms with Crippen LogP contribution in [0.4, 0.5) is 13.2 Å². The minimum atomic E-state index is -4.18. The van der Waals surface area contributed by atoms with E-state index in [2.05, 4.69) is 0 Å². The molecule has 0 aromatic heterocycles. The Labute approximate surface area is 237 Å². The van der Waals surface area contributed by atoms with Crippen LogP contribution in [0.25, 0.3) is 0 Å². The van der Waals surface area contributed by atoms with Crippen molar-refractivity contribution in [3.8, 4) is 5.75 Å². The number of alkyl halides is 3. The molecule has 40 heavy (non-hydrogen) atoms. The topological polar surface area (TPSA) is 66.8 Å². The van der Waals surface area contributed by atoms with Crippen molar-refractivity contribution in [1.29, 1.82) is 0 Å². The fraction of sp³-hybridized carbons (Fsp3) is 0.562. The van der Waals surface area contributed by atoms with Gasteiger partial charge in [0.2, 0.25) is 0 Å². The summed E-state index contributed by atoms with van der Waals surface area (Å²) in [6.07, 6.45) is -0.491. The lowest BCUT2D eigenvalue weighted by molar-refractivity contribution is -0.253. The van der Waals surface area contributed by atoms with Crippen LogP contribution in [0.1, 0.15) is 102 Å². The molecule has 1 N–H and O–H groups in total. The van der Waals surface area contributed by atoms with Crippen LogP contribution in [-0.2, 0) is 16.7 Å². The number of carbonyl (C=O) groups is 2. The fourth-order valence-electron chi connectivity index (χ4n) is 6.12. The van der Waals surface area contributed by atoms with E-state index in [0.717, 1.165) is 5.56 Å². The number of ether oxygens (including phenoxy) is 1. The highest BCUT2D eigenvalue weighted by atomic mass is 19.4. The van der Waals surface area contributed by atoms with Crippen molar-refractivity contribution in [2.45, 2.75) is 102 Å². The normalized spacial score (nSPS) is 23.4. The van der Waals surface area contributed by atoms with E-state index in [0.29, 0.717) is 49.8 Å². The van der Waals surface area contributed by atoms with E-state index in [-0.39, 0.29) is 43.3 Å². The van der Waals surface area contributed by atoms with Crippen molar-refractivity contribution < 1.29 is 35.3 Å². The molecule has 2 aromatic rings. The number of fused-ring (bicyclic) bond motifs is 3. The molecule has 5 nitrogen and oxygen atoms in total. The summed E-state index contributed by atoms with van der Waals surface area (Å²) in [5.41, 5.74) is -0.415. The molecule has 3 fully saturated rings. The highest BCUT2D eigenvalue weighted by molar-refractivity contribution is 5.94. The number of aliphatic carboxylic acids is 1. The van der Waals surface area contributed by atoms with Crippen LogP contribution in [0.5, 0.6) is 5.75 Å². The molecule has 0 unspecified atom stereocenters. The summed E-state index contributed by atoms with van der Waals surface area (Å²) >= 11 is 0. The molecule has 0 atom stereocenters. The molecule has 0 radical (unpaired) electrons. The molecular formula is C32H40F3NO4. The Kier molecular flexibility index (Phi) is 8.30. The van der Waals surface area contributed by atoms with Gasteiger partial charge in [-0.15, -0.1) is 0 Å². The summed E-state index contributed by atoms with van der Waals surface area (Å²) in [5.74, 6) is -1.02. The monoisotopic (exact) mass is 561 g/mol. The minimum Gasteiger partial charge on any atom is -0.493 e. The van der Waals surface area contributed by atoms with Crippen LogP contribution in [0.15, 0.2) is 48.5 Å². The molecule has 2 aromatic carbocycles. The van der Waals surface area contributed by atoms with Crippen LogP contribution in [0.2, 0.25) is 0 Å². The van der Waals surface area contributed by atoms with Crippen molar-refractivity contribution in [3.63, 3.8) is 0 Å². The van der Waals surface area contributed by atoms with Crippen LogP contribution < -0.4 is 4.74 Å². The quantitative estimate of drug-likeness (QED) is 0.267. The average Bonchev–Trinajstić information content (AvgIpc) is 2.95. The predicted molar refractivity (Wildman–Crippen MR) is 147 cm³/mol. The standard InChI is InChI=1S/C32H40F3NO4/c1-23(2)36(22-25-8-5-6-9-27(25)40-21-7-3-4-10-28(37)38)29(39)24-11-13-26(14-12-24)30-15-18-31(19-16-30,20-17-30)32(33,34)35/h5-6,8-9,11-14,23H,3-4,7,10,15-22H2,1-2H3,(H,37,38)/i22D2. The largest absolute Gasteiger partial charge is 0.493 e. The minimum absolute atomic E-state index is 0.0886. The summed E-state index contributed by atoms with van der Waals surface area (Å²) in [6.45, 7) is 1.56. The maximum Gasteiger partial charge on any atom is 0.394 e. The lowest BCUT2D eigenvalue weighted by Crippen LogP contribution is -2.51. The molecule has 0 aliphatic heterocycles. The maximum absolute atomic E-state index is 13.8. The number of halogens is 3. The van der Waals surface area contributed by atoms with Gasteiger partial charge in [-0.3, -0.25) is 9.59 Å². The number of rotatable bonds is 12. The van der Waals surface area contributed by atoms with Gasteiger partial charge in [0.15, 0.2) is 0 Å². The van der Waals surface area contributed by atoms with Crippen molar-refractivity contribution in [3.05, 3.63) is 65.2 Å². The molecule has 3 aliphatic rings. The number of unbranched alkanes of at least 4 members (excludes halogenated alkanes) is 2. The molecule has 0 saturated heterocycles. The molecule has 3 saturated carbocycles. The first-order chi connectivity index (χ1) is 19.7. The number of para-hydroxylation sites is 1. The Morgan fingerprint density at radius 2 is 1.60 bits per heavy atom. The second-order valence-corrected chi connectivity index (χ2v) is 11.6. The summed E-state index contributed by atoms with van der Waals surface area (Å²) in [5, 5.41) is 8.79. The Balaban J connectivity index is 1.49. The van der Waals surface area contributed by atoms with Gasteiger partial charge in [0, 0.05) is 30.1 Å². The van der Waals surface area contributed by atoms with E-state index < -0.39 is 36.0 Å². The van der Waals surface area contributed by atoms with Gasteiger partial charge in [-0.25, -0.2) is 0 Å². The first-order valence-electron chi connectivity index (χ1n) is 15.2. The van der Waals surface area contributed by atoms with E-state index in [4.69, 9.17) is 12.6 Å². The average molecular weight is 562 g/mol. The lowest BCUT2D eigenvalue weighted by Gasteiger charge is -2.54. The van der Waals surface area contributed by atoms with Crippen molar-refractivity contribution in [2.75, 3.05) is 6.61 Å². The molecular weight excluding hydrogens is 519 g/mol. The number of amides is 1. The van der Waals surface area contributed by atoms with Crippen molar-refractivity contribution >= 4 is 11.9 Å². The van der Waals surface area contributed by atoms with E-state index in [9.17, 15) is 22.8 Å². The number of nitrogens with zero attached hydrogens (tertiary/aromatic N) is 1. The van der Waals surface area contributed by atoms with Gasteiger partial charge in [-0.2, -0.15) is 13.2 Å². The smallest absolute Gasteiger partial charge is 0.394 e. The van der Waals surface area contributed by atoms with Gasteiger partial charge in [0.1, 0.15) is 5.75 Å². The Bertz CT molecular complexity index is 1240. The van der Waals surface area contributed by atoms with Crippen molar-refractivity contribution in [1.82, 2.24) is 4.90 Å². The van der Waals surface area contributed by atoms with Gasteiger partial charge in [0.25, 0.3) is 5.91 Å². The van der Waals surface area contributed by atoms with E-state index >= 15 is 0 Å². The van der Waals surface area contributed by atoms with Crippen molar-refractivity contribution in [2.24, 2.45) is 5.41 Å². The highest BCUT2D eigenvalue weighted by Gasteiger charge is 2.61. The van der Waals surface area contributed by atoms with Crippen LogP contribution >= 0.6 is 0 Å². The number of hydrogen-bond acceptors (Lipinski definition) is 3. The SMILES string of the molecule is [2H]C([2H])(c1ccccc1OCCCCCC(=O)O)N(C(=O)c1ccc(C23CCC(C(F)(F)F)(CC2)CC3)cc1)C(C)C. The zero-order valence-electron chi connectivity index (χ0n) is 25.2. The molecule has 1 amide bonds. The zero-order valence-corrected chi connectivity index (χ0v) is 23.2. The molecule has 0 heterocycles.